The van der Waals surface area contributed by atoms with Crippen molar-refractivity contribution in [2.45, 2.75) is 13.2 Å². The van der Waals surface area contributed by atoms with Gasteiger partial charge >= 0.3 is 0 Å². The number of nitrogens with zero attached hydrogens (tertiary/aromatic N) is 1. The fraction of sp³-hybridized carbons (Fsp3) is 0.200. The second kappa shape index (κ2) is 6.49. The zero-order valence-electron chi connectivity index (χ0n) is 11.5. The number of benzene rings is 2. The molecule has 6 nitrogen and oxygen atoms in total. The molecule has 0 N–H and O–H groups in total. The Morgan fingerprint density at radius 1 is 1.27 bits per heavy atom. The van der Waals surface area contributed by atoms with E-state index in [0.717, 1.165) is 3.57 Å². The van der Waals surface area contributed by atoms with Crippen LogP contribution >= 0.6 is 22.6 Å². The van der Waals surface area contributed by atoms with Crippen molar-refractivity contribution in [3.05, 3.63) is 61.2 Å². The van der Waals surface area contributed by atoms with Crippen LogP contribution in [0.5, 0.6) is 11.5 Å². The van der Waals surface area contributed by atoms with Gasteiger partial charge in [0.05, 0.1) is 11.5 Å². The van der Waals surface area contributed by atoms with Crippen LogP contribution in [-0.2, 0) is 18.0 Å². The lowest BCUT2D eigenvalue weighted by Crippen LogP contribution is -2.14. The second-order valence-corrected chi connectivity index (χ2v) is 5.95. The fourth-order valence-corrected chi connectivity index (χ4v) is 2.54. The van der Waals surface area contributed by atoms with Crippen LogP contribution in [0, 0.1) is 13.7 Å². The molecule has 0 spiro atoms. The summed E-state index contributed by atoms with van der Waals surface area (Å²) in [6.07, 6.45) is 0. The molecule has 2 aromatic carbocycles. The van der Waals surface area contributed by atoms with E-state index in [9.17, 15) is 10.1 Å². The van der Waals surface area contributed by atoms with E-state index in [1.165, 1.54) is 12.1 Å². The van der Waals surface area contributed by atoms with Gasteiger partial charge in [-0.25, -0.2) is 0 Å². The molecule has 0 fully saturated rings. The molecule has 0 radical (unpaired) electrons. The van der Waals surface area contributed by atoms with E-state index in [0.29, 0.717) is 29.2 Å². The number of nitro benzene ring substituents is 1. The number of hydrogen-bond acceptors (Lipinski definition) is 5. The van der Waals surface area contributed by atoms with Gasteiger partial charge in [-0.15, -0.1) is 0 Å². The van der Waals surface area contributed by atoms with Gasteiger partial charge in [-0.05, 0) is 46.9 Å². The van der Waals surface area contributed by atoms with Gasteiger partial charge in [-0.3, -0.25) is 10.1 Å². The molecule has 22 heavy (non-hydrogen) atoms. The molecule has 0 saturated heterocycles. The highest BCUT2D eigenvalue weighted by Crippen LogP contribution is 2.33. The van der Waals surface area contributed by atoms with E-state index < -0.39 is 4.92 Å². The summed E-state index contributed by atoms with van der Waals surface area (Å²) in [4.78, 5) is 10.6. The van der Waals surface area contributed by atoms with Gasteiger partial charge in [-0.2, -0.15) is 0 Å². The monoisotopic (exact) mass is 413 g/mol. The van der Waals surface area contributed by atoms with Crippen LogP contribution in [0.3, 0.4) is 0 Å². The molecule has 0 saturated carbocycles. The maximum atomic E-state index is 11.0. The third-order valence-corrected chi connectivity index (χ3v) is 3.91. The topological polar surface area (TPSA) is 70.8 Å². The number of nitro groups is 1. The first-order valence-electron chi connectivity index (χ1n) is 6.52. The van der Waals surface area contributed by atoms with Crippen molar-refractivity contribution in [3.8, 4) is 11.5 Å². The zero-order chi connectivity index (χ0) is 15.5. The summed E-state index contributed by atoms with van der Waals surface area (Å²) in [5, 5.41) is 11.0. The lowest BCUT2D eigenvalue weighted by Gasteiger charge is -2.20. The minimum atomic E-state index is -0.427. The van der Waals surface area contributed by atoms with Gasteiger partial charge in [0.15, 0.2) is 6.79 Å². The maximum absolute atomic E-state index is 11.0. The predicted molar refractivity (Wildman–Crippen MR) is 86.9 cm³/mol. The summed E-state index contributed by atoms with van der Waals surface area (Å²) in [6.45, 7) is 0.638. The molecular weight excluding hydrogens is 401 g/mol. The first kappa shape index (κ1) is 15.0. The van der Waals surface area contributed by atoms with Gasteiger partial charge in [0.2, 0.25) is 0 Å². The minimum absolute atomic E-state index is 0.00839. The van der Waals surface area contributed by atoms with Crippen LogP contribution < -0.4 is 9.47 Å². The number of fused-ring (bicyclic) bond motifs is 1. The second-order valence-electron chi connectivity index (χ2n) is 4.70. The normalized spacial score (nSPS) is 13.1. The summed E-state index contributed by atoms with van der Waals surface area (Å²) < 4.78 is 17.5. The fourth-order valence-electron chi connectivity index (χ4n) is 2.19. The lowest BCUT2D eigenvalue weighted by atomic mass is 10.1. The Morgan fingerprint density at radius 3 is 2.77 bits per heavy atom. The third kappa shape index (κ3) is 3.30. The Bertz CT molecular complexity index is 702. The van der Waals surface area contributed by atoms with Crippen molar-refractivity contribution in [2.75, 3.05) is 6.79 Å². The van der Waals surface area contributed by atoms with Crippen molar-refractivity contribution < 1.29 is 19.1 Å². The van der Waals surface area contributed by atoms with E-state index in [1.54, 1.807) is 0 Å². The first-order valence-corrected chi connectivity index (χ1v) is 7.60. The zero-order valence-corrected chi connectivity index (χ0v) is 13.6. The summed E-state index contributed by atoms with van der Waals surface area (Å²) in [5.74, 6) is 1.31. The van der Waals surface area contributed by atoms with Crippen LogP contribution in [0.1, 0.15) is 11.1 Å². The summed E-state index contributed by atoms with van der Waals surface area (Å²) >= 11 is 2.21. The maximum Gasteiger partial charge on any atom is 0.270 e. The van der Waals surface area contributed by atoms with Gasteiger partial charge in [0.25, 0.3) is 5.69 Å². The number of rotatable bonds is 4. The van der Waals surface area contributed by atoms with Crippen molar-refractivity contribution in [1.29, 1.82) is 0 Å². The standard InChI is InChI=1S/C15H12INO5/c16-12-1-3-14(4-2-12)21-8-11-6-13(17(18)19)5-10-7-20-9-22-15(10)11/h1-6H,7-9H2. The number of ether oxygens (including phenoxy) is 3. The van der Waals surface area contributed by atoms with Crippen LogP contribution in [0.4, 0.5) is 5.69 Å². The summed E-state index contributed by atoms with van der Waals surface area (Å²) in [7, 11) is 0. The van der Waals surface area contributed by atoms with Gasteiger partial charge < -0.3 is 14.2 Å². The van der Waals surface area contributed by atoms with Crippen molar-refractivity contribution in [2.24, 2.45) is 0 Å². The molecule has 0 aliphatic carbocycles. The molecule has 0 atom stereocenters. The van der Waals surface area contributed by atoms with Gasteiger partial charge in [0, 0.05) is 26.8 Å². The predicted octanol–water partition coefficient (Wildman–Crippen LogP) is 3.64. The molecule has 0 aromatic heterocycles. The van der Waals surface area contributed by atoms with Crippen LogP contribution in [-0.4, -0.2) is 11.7 Å². The number of hydrogen-bond donors (Lipinski definition) is 0. The highest BCUT2D eigenvalue weighted by Gasteiger charge is 2.21. The number of non-ortho nitro benzene ring substituents is 1. The van der Waals surface area contributed by atoms with Crippen LogP contribution in [0.25, 0.3) is 0 Å². The van der Waals surface area contributed by atoms with Crippen LogP contribution in [0.15, 0.2) is 36.4 Å². The Balaban J connectivity index is 1.86. The molecule has 0 unspecified atom stereocenters. The number of halogens is 1. The average molecular weight is 413 g/mol. The molecule has 1 aliphatic heterocycles. The largest absolute Gasteiger partial charge is 0.489 e. The molecule has 2 aromatic rings. The Hall–Kier alpha value is -1.87. The Morgan fingerprint density at radius 2 is 2.05 bits per heavy atom. The third-order valence-electron chi connectivity index (χ3n) is 3.19. The molecule has 0 bridgehead atoms. The average Bonchev–Trinajstić information content (AvgIpc) is 2.53. The van der Waals surface area contributed by atoms with E-state index >= 15 is 0 Å². The smallest absolute Gasteiger partial charge is 0.270 e. The van der Waals surface area contributed by atoms with Crippen molar-refractivity contribution in [3.63, 3.8) is 0 Å². The minimum Gasteiger partial charge on any atom is -0.489 e. The van der Waals surface area contributed by atoms with E-state index in [-0.39, 0.29) is 19.1 Å². The molecule has 0 amide bonds. The Kier molecular flexibility index (Phi) is 4.44. The molecule has 3 rings (SSSR count). The summed E-state index contributed by atoms with van der Waals surface area (Å²) in [5.41, 5.74) is 1.32. The quantitative estimate of drug-likeness (QED) is 0.435. The molecular formula is C15H12INO5. The lowest BCUT2D eigenvalue weighted by molar-refractivity contribution is -0.385. The van der Waals surface area contributed by atoms with E-state index in [4.69, 9.17) is 14.2 Å². The summed E-state index contributed by atoms with van der Waals surface area (Å²) in [6, 6.07) is 10.5. The van der Waals surface area contributed by atoms with Crippen LogP contribution in [0.2, 0.25) is 0 Å². The highest BCUT2D eigenvalue weighted by atomic mass is 127. The van der Waals surface area contributed by atoms with Crippen molar-refractivity contribution in [1.82, 2.24) is 0 Å². The molecule has 1 aliphatic rings. The van der Waals surface area contributed by atoms with Crippen molar-refractivity contribution >= 4 is 28.3 Å². The molecule has 7 heteroatoms. The SMILES string of the molecule is O=[N+]([O-])c1cc2c(c(COc3ccc(I)cc3)c1)OCOC2. The Labute approximate surface area is 140 Å². The first-order chi connectivity index (χ1) is 10.6. The van der Waals surface area contributed by atoms with E-state index in [1.807, 2.05) is 24.3 Å². The highest BCUT2D eigenvalue weighted by molar-refractivity contribution is 14.1. The molecule has 1 heterocycles. The van der Waals surface area contributed by atoms with E-state index in [2.05, 4.69) is 22.6 Å². The van der Waals surface area contributed by atoms with Gasteiger partial charge in [-0.1, -0.05) is 0 Å². The molecule has 114 valence electrons. The van der Waals surface area contributed by atoms with Gasteiger partial charge in [0.1, 0.15) is 18.1 Å².